The van der Waals surface area contributed by atoms with Crippen molar-refractivity contribution in [3.05, 3.63) is 35.9 Å². The van der Waals surface area contributed by atoms with Gasteiger partial charge >= 0.3 is 0 Å². The topological polar surface area (TPSA) is 85.4 Å². The van der Waals surface area contributed by atoms with Crippen LogP contribution >= 0.6 is 11.3 Å². The number of hydrogen-bond donors (Lipinski definition) is 1. The third kappa shape index (κ3) is 5.13. The predicted octanol–water partition coefficient (Wildman–Crippen LogP) is 2.88. The van der Waals surface area contributed by atoms with Crippen LogP contribution in [-0.4, -0.2) is 83.5 Å². The highest BCUT2D eigenvalue weighted by molar-refractivity contribution is 7.22. The van der Waals surface area contributed by atoms with E-state index in [0.29, 0.717) is 29.4 Å². The van der Waals surface area contributed by atoms with Gasteiger partial charge in [0.2, 0.25) is 5.75 Å². The molecule has 9 nitrogen and oxygen atoms in total. The molecule has 3 aromatic rings. The van der Waals surface area contributed by atoms with Gasteiger partial charge in [-0.25, -0.2) is 4.98 Å². The summed E-state index contributed by atoms with van der Waals surface area (Å²) in [5.74, 6) is 2.04. The van der Waals surface area contributed by atoms with Crippen LogP contribution in [0.4, 0.5) is 5.13 Å². The second-order valence-corrected chi connectivity index (χ2v) is 8.84. The molecule has 0 radical (unpaired) electrons. The van der Waals surface area contributed by atoms with Crippen LogP contribution in [-0.2, 0) is 0 Å². The van der Waals surface area contributed by atoms with E-state index in [-0.39, 0.29) is 5.91 Å². The predicted molar refractivity (Wildman–Crippen MR) is 133 cm³/mol. The van der Waals surface area contributed by atoms with Gasteiger partial charge in [0.25, 0.3) is 5.91 Å². The summed E-state index contributed by atoms with van der Waals surface area (Å²) in [4.78, 5) is 22.1. The maximum absolute atomic E-state index is 12.7. The summed E-state index contributed by atoms with van der Waals surface area (Å²) < 4.78 is 22.4. The molecular weight excluding hydrogens is 456 g/mol. The monoisotopic (exact) mass is 486 g/mol. The number of fused-ring (bicyclic) bond motifs is 1. The zero-order chi connectivity index (χ0) is 24.1. The molecule has 0 spiro atoms. The van der Waals surface area contributed by atoms with E-state index in [1.807, 2.05) is 18.2 Å². The summed E-state index contributed by atoms with van der Waals surface area (Å²) in [6, 6.07) is 9.28. The molecule has 1 aliphatic heterocycles. The van der Waals surface area contributed by atoms with Crippen molar-refractivity contribution in [3.8, 4) is 23.0 Å². The van der Waals surface area contributed by atoms with Gasteiger partial charge in [-0.2, -0.15) is 0 Å². The van der Waals surface area contributed by atoms with Crippen molar-refractivity contribution < 1.29 is 23.7 Å². The number of nitrogens with zero attached hydrogens (tertiary/aromatic N) is 3. The fourth-order valence-corrected chi connectivity index (χ4v) is 5.01. The number of rotatable bonds is 9. The summed E-state index contributed by atoms with van der Waals surface area (Å²) >= 11 is 1.69. The maximum Gasteiger partial charge on any atom is 0.251 e. The normalized spacial score (nSPS) is 14.2. The molecule has 1 fully saturated rings. The number of thiazole rings is 1. The molecule has 1 amide bonds. The highest BCUT2D eigenvalue weighted by atomic mass is 32.1. The smallest absolute Gasteiger partial charge is 0.251 e. The summed E-state index contributed by atoms with van der Waals surface area (Å²) in [7, 11) is 6.27. The number of hydrogen-bond acceptors (Lipinski definition) is 9. The second kappa shape index (κ2) is 10.8. The Kier molecular flexibility index (Phi) is 7.59. The van der Waals surface area contributed by atoms with Crippen LogP contribution in [0.5, 0.6) is 23.0 Å². The minimum atomic E-state index is -0.178. The van der Waals surface area contributed by atoms with E-state index < -0.39 is 0 Å². The van der Waals surface area contributed by atoms with Crippen LogP contribution in [0.25, 0.3) is 10.2 Å². The molecule has 2 heterocycles. The molecule has 4 rings (SSSR count). The van der Waals surface area contributed by atoms with E-state index in [0.717, 1.165) is 53.8 Å². The fourth-order valence-electron chi connectivity index (χ4n) is 3.96. The Hall–Kier alpha value is -3.24. The van der Waals surface area contributed by atoms with E-state index >= 15 is 0 Å². The third-order valence-corrected chi connectivity index (χ3v) is 6.95. The van der Waals surface area contributed by atoms with Gasteiger partial charge < -0.3 is 29.2 Å². The molecular formula is C24H30N4O5S. The Balaban J connectivity index is 1.28. The Morgan fingerprint density at radius 1 is 0.971 bits per heavy atom. The lowest BCUT2D eigenvalue weighted by atomic mass is 10.1. The van der Waals surface area contributed by atoms with Crippen molar-refractivity contribution >= 4 is 32.6 Å². The summed E-state index contributed by atoms with van der Waals surface area (Å²) in [5, 5.41) is 4.03. The minimum absolute atomic E-state index is 0.178. The van der Waals surface area contributed by atoms with Gasteiger partial charge in [-0.1, -0.05) is 11.3 Å². The lowest BCUT2D eigenvalue weighted by Crippen LogP contribution is -2.48. The van der Waals surface area contributed by atoms with Crippen molar-refractivity contribution in [2.24, 2.45) is 0 Å². The van der Waals surface area contributed by atoms with E-state index in [2.05, 4.69) is 15.1 Å². The molecule has 0 aliphatic carbocycles. The van der Waals surface area contributed by atoms with Gasteiger partial charge in [0.05, 0.1) is 38.7 Å². The second-order valence-electron chi connectivity index (χ2n) is 7.83. The third-order valence-electron chi connectivity index (χ3n) is 5.87. The van der Waals surface area contributed by atoms with E-state index in [4.69, 9.17) is 23.9 Å². The summed E-state index contributed by atoms with van der Waals surface area (Å²) in [6.45, 7) is 4.96. The number of ether oxygens (including phenoxy) is 4. The average molecular weight is 487 g/mol. The summed E-state index contributed by atoms with van der Waals surface area (Å²) in [6.07, 6.45) is 0. The molecule has 1 saturated heterocycles. The largest absolute Gasteiger partial charge is 0.497 e. The van der Waals surface area contributed by atoms with Crippen LogP contribution in [0.1, 0.15) is 10.4 Å². The first-order valence-corrected chi connectivity index (χ1v) is 11.9. The molecule has 1 aliphatic rings. The first-order valence-electron chi connectivity index (χ1n) is 11.1. The zero-order valence-electron chi connectivity index (χ0n) is 19.9. The van der Waals surface area contributed by atoms with Crippen LogP contribution in [0, 0.1) is 0 Å². The number of nitrogens with one attached hydrogen (secondary N) is 1. The van der Waals surface area contributed by atoms with Gasteiger partial charge in [-0.3, -0.25) is 9.69 Å². The molecule has 0 atom stereocenters. The number of amides is 1. The fraction of sp³-hybridized carbons (Fsp3) is 0.417. The van der Waals surface area contributed by atoms with Gasteiger partial charge in [0.1, 0.15) is 5.75 Å². The molecule has 1 N–H and O–H groups in total. The van der Waals surface area contributed by atoms with E-state index in [1.54, 1.807) is 30.6 Å². The Bertz CT molecular complexity index is 1120. The molecule has 0 unspecified atom stereocenters. The van der Waals surface area contributed by atoms with Gasteiger partial charge in [0.15, 0.2) is 16.6 Å². The van der Waals surface area contributed by atoms with Crippen molar-refractivity contribution in [2.75, 3.05) is 72.6 Å². The van der Waals surface area contributed by atoms with Crippen LogP contribution in [0.15, 0.2) is 30.3 Å². The standard InChI is InChI=1S/C24H30N4O5S/c1-30-17-5-6-18-21(15-17)34-24(26-18)28-11-9-27(10-12-28)8-7-25-23(29)16-13-19(31-2)22(33-4)20(14-16)32-3/h5-6,13-15H,7-12H2,1-4H3,(H,25,29). The average Bonchev–Trinajstić information content (AvgIpc) is 3.31. The molecule has 1 aromatic heterocycles. The Morgan fingerprint density at radius 2 is 1.68 bits per heavy atom. The zero-order valence-corrected chi connectivity index (χ0v) is 20.7. The molecule has 2 aromatic carbocycles. The van der Waals surface area contributed by atoms with E-state index in [1.165, 1.54) is 21.3 Å². The number of benzene rings is 2. The number of methoxy groups -OCH3 is 4. The van der Waals surface area contributed by atoms with Crippen molar-refractivity contribution in [1.29, 1.82) is 0 Å². The Labute approximate surface area is 203 Å². The number of carbonyl (C=O) groups excluding carboxylic acids is 1. The van der Waals surface area contributed by atoms with E-state index in [9.17, 15) is 4.79 Å². The quantitative estimate of drug-likeness (QED) is 0.494. The lowest BCUT2D eigenvalue weighted by Gasteiger charge is -2.34. The minimum Gasteiger partial charge on any atom is -0.497 e. The first kappa shape index (κ1) is 23.9. The van der Waals surface area contributed by atoms with Crippen molar-refractivity contribution in [2.45, 2.75) is 0 Å². The molecule has 182 valence electrons. The van der Waals surface area contributed by atoms with Crippen molar-refractivity contribution in [3.63, 3.8) is 0 Å². The number of carbonyl (C=O) groups is 1. The molecule has 0 saturated carbocycles. The maximum atomic E-state index is 12.7. The molecule has 10 heteroatoms. The molecule has 0 bridgehead atoms. The lowest BCUT2D eigenvalue weighted by molar-refractivity contribution is 0.0947. The SMILES string of the molecule is COc1ccc2nc(N3CCN(CCNC(=O)c4cc(OC)c(OC)c(OC)c4)CC3)sc2c1. The number of aromatic nitrogens is 1. The summed E-state index contributed by atoms with van der Waals surface area (Å²) in [5.41, 5.74) is 1.46. The molecule has 34 heavy (non-hydrogen) atoms. The highest BCUT2D eigenvalue weighted by Crippen LogP contribution is 2.38. The Morgan fingerprint density at radius 3 is 2.29 bits per heavy atom. The first-order chi connectivity index (χ1) is 16.6. The number of anilines is 1. The van der Waals surface area contributed by atoms with Crippen LogP contribution in [0.2, 0.25) is 0 Å². The van der Waals surface area contributed by atoms with Gasteiger partial charge in [0, 0.05) is 44.8 Å². The van der Waals surface area contributed by atoms with Gasteiger partial charge in [-0.15, -0.1) is 0 Å². The highest BCUT2D eigenvalue weighted by Gasteiger charge is 2.21. The number of piperazine rings is 1. The van der Waals surface area contributed by atoms with Gasteiger partial charge in [-0.05, 0) is 30.3 Å². The van der Waals surface area contributed by atoms with Crippen LogP contribution in [0.3, 0.4) is 0 Å². The van der Waals surface area contributed by atoms with Crippen LogP contribution < -0.4 is 29.2 Å². The van der Waals surface area contributed by atoms with Crippen molar-refractivity contribution in [1.82, 2.24) is 15.2 Å².